The molecule has 8 rings (SSSR count). The third kappa shape index (κ3) is 8.91. The zero-order valence-corrected chi connectivity index (χ0v) is 32.0. The average Bonchev–Trinajstić information content (AvgIpc) is 3.88. The van der Waals surface area contributed by atoms with E-state index < -0.39 is 0 Å². The van der Waals surface area contributed by atoms with Crippen molar-refractivity contribution in [3.63, 3.8) is 0 Å². The van der Waals surface area contributed by atoms with Crippen LogP contribution >= 0.6 is 24.8 Å². The quantitative estimate of drug-likeness (QED) is 0.123. The van der Waals surface area contributed by atoms with Gasteiger partial charge in [-0.1, -0.05) is 110 Å². The maximum atomic E-state index is 3.38. The van der Waals surface area contributed by atoms with Crippen LogP contribution in [0.15, 0.2) is 121 Å². The van der Waals surface area contributed by atoms with E-state index in [9.17, 15) is 0 Å². The molecule has 2 aliphatic rings. The van der Waals surface area contributed by atoms with Gasteiger partial charge in [0.25, 0.3) is 0 Å². The molecule has 0 aromatic heterocycles. The van der Waals surface area contributed by atoms with Crippen molar-refractivity contribution in [1.82, 2.24) is 0 Å². The van der Waals surface area contributed by atoms with Gasteiger partial charge in [0.15, 0.2) is 0 Å². The zero-order valence-electron chi connectivity index (χ0n) is 26.8. The Bertz CT molecular complexity index is 1590. The van der Waals surface area contributed by atoms with E-state index in [2.05, 4.69) is 135 Å². The molecule has 2 aliphatic carbocycles. The summed E-state index contributed by atoms with van der Waals surface area (Å²) in [5.74, 6) is 1.59. The van der Waals surface area contributed by atoms with Crippen LogP contribution in [0, 0.1) is 13.8 Å². The summed E-state index contributed by atoms with van der Waals surface area (Å²) in [6.07, 6.45) is 11.8. The van der Waals surface area contributed by atoms with Crippen molar-refractivity contribution >= 4 is 46.4 Å². The van der Waals surface area contributed by atoms with Crippen LogP contribution in [0.4, 0.5) is 0 Å². The molecule has 2 saturated carbocycles. The maximum absolute atomic E-state index is 3.38. The van der Waals surface area contributed by atoms with Crippen LogP contribution < -0.4 is 0 Å². The van der Waals surface area contributed by atoms with Crippen molar-refractivity contribution in [3.8, 4) is 22.3 Å². The molecule has 0 N–H and O–H groups in total. The number of benzene rings is 4. The van der Waals surface area contributed by atoms with Crippen LogP contribution in [0.25, 0.3) is 43.8 Å². The molecule has 0 bridgehead atoms. The first-order chi connectivity index (χ1) is 21.2. The van der Waals surface area contributed by atoms with Gasteiger partial charge in [-0.3, -0.25) is 0 Å². The van der Waals surface area contributed by atoms with E-state index in [4.69, 9.17) is 0 Å². The summed E-state index contributed by atoms with van der Waals surface area (Å²) in [4.78, 5) is 0. The zero-order chi connectivity index (χ0) is 29.4. The second-order valence-electron chi connectivity index (χ2n) is 12.2. The van der Waals surface area contributed by atoms with Gasteiger partial charge in [0.2, 0.25) is 0 Å². The predicted octanol–water partition coefficient (Wildman–Crippen LogP) is 13.7. The molecule has 46 heavy (non-hydrogen) atoms. The van der Waals surface area contributed by atoms with Gasteiger partial charge >= 0.3 is 25.8 Å². The second kappa shape index (κ2) is 18.8. The van der Waals surface area contributed by atoms with E-state index in [-0.39, 0.29) is 50.7 Å². The van der Waals surface area contributed by atoms with Gasteiger partial charge in [0, 0.05) is 0 Å². The summed E-state index contributed by atoms with van der Waals surface area (Å²) < 4.78 is 0. The third-order valence-electron chi connectivity index (χ3n) is 9.37. The molecular weight excluding hydrogens is 766 g/mol. The van der Waals surface area contributed by atoms with Gasteiger partial charge in [-0.2, -0.15) is 12.1 Å². The fourth-order valence-corrected chi connectivity index (χ4v) is 7.24. The predicted molar refractivity (Wildman–Crippen MR) is 202 cm³/mol. The van der Waals surface area contributed by atoms with Crippen molar-refractivity contribution in [3.05, 3.63) is 146 Å². The number of hydrogen-bond donors (Lipinski definition) is 0. The smallest absolute Gasteiger partial charge is 0.372 e. The first-order valence-electron chi connectivity index (χ1n) is 16.3. The van der Waals surface area contributed by atoms with E-state index in [1.165, 1.54) is 95.2 Å². The number of fused-ring (bicyclic) bond motifs is 2. The van der Waals surface area contributed by atoms with Crippen molar-refractivity contribution in [2.75, 3.05) is 0 Å². The number of hydrogen-bond acceptors (Lipinski definition) is 0. The molecule has 0 unspecified atom stereocenters. The van der Waals surface area contributed by atoms with E-state index >= 15 is 0 Å². The normalized spacial score (nSPS) is 14.3. The first kappa shape index (κ1) is 38.0. The Morgan fingerprint density at radius 1 is 0.500 bits per heavy atom. The average molecular weight is 812 g/mol. The van der Waals surface area contributed by atoms with Crippen LogP contribution in [0.1, 0.15) is 80.8 Å². The van der Waals surface area contributed by atoms with Crippen molar-refractivity contribution < 1.29 is 25.8 Å². The molecule has 0 heterocycles. The second-order valence-corrected chi connectivity index (χ2v) is 12.2. The number of halogens is 2. The molecule has 0 nitrogen and oxygen atoms in total. The van der Waals surface area contributed by atoms with E-state index in [0.717, 1.165) is 18.3 Å². The van der Waals surface area contributed by atoms with Crippen molar-refractivity contribution in [2.24, 2.45) is 0 Å². The monoisotopic (exact) mass is 812 g/mol. The molecule has 0 spiro atoms. The molecule has 3 heteroatoms. The van der Waals surface area contributed by atoms with E-state index in [1.54, 1.807) is 11.1 Å². The summed E-state index contributed by atoms with van der Waals surface area (Å²) in [7, 11) is 0. The van der Waals surface area contributed by atoms with Crippen LogP contribution in [-0.4, -0.2) is 0 Å². The van der Waals surface area contributed by atoms with E-state index in [1.807, 2.05) is 0 Å². The van der Waals surface area contributed by atoms with Gasteiger partial charge in [-0.05, 0) is 48.6 Å². The Morgan fingerprint density at radius 3 is 1.20 bits per heavy atom. The van der Waals surface area contributed by atoms with Gasteiger partial charge < -0.3 is 20.3 Å². The first-order valence-corrected chi connectivity index (χ1v) is 16.3. The summed E-state index contributed by atoms with van der Waals surface area (Å²) in [6.45, 7) is 6.75. The number of rotatable bonds is 4. The Hall–Kier alpha value is -2.45. The summed E-state index contributed by atoms with van der Waals surface area (Å²) in [6, 6.07) is 44.5. The molecule has 0 amide bonds. The van der Waals surface area contributed by atoms with Gasteiger partial charge in [-0.15, -0.1) is 93.9 Å². The van der Waals surface area contributed by atoms with Crippen LogP contribution in [-0.2, 0) is 25.8 Å². The van der Waals surface area contributed by atoms with Crippen molar-refractivity contribution in [1.29, 1.82) is 0 Å². The fraction of sp³-hybridized carbons (Fsp3) is 0.256. The van der Waals surface area contributed by atoms with Crippen LogP contribution in [0.3, 0.4) is 0 Å². The third-order valence-corrected chi connectivity index (χ3v) is 9.37. The molecule has 236 valence electrons. The molecule has 0 aliphatic heterocycles. The topological polar surface area (TPSA) is 0 Å². The SMILES string of the molecule is Cl.Cl.[CH2-]C[CH2-].[Hf+4].c1ccc(-c2cccc3[cH-]c(C4CCCC4)cc23)cc1.c1ccc(-c2cccc3[cH-]c(C4CCCC4)cc23)cc1. The van der Waals surface area contributed by atoms with Gasteiger partial charge in [0.1, 0.15) is 0 Å². The minimum Gasteiger partial charge on any atom is -0.372 e. The largest absolute Gasteiger partial charge is 4.00 e. The van der Waals surface area contributed by atoms with Gasteiger partial charge in [-0.25, -0.2) is 0 Å². The molecule has 0 saturated heterocycles. The summed E-state index contributed by atoms with van der Waals surface area (Å²) >= 11 is 0. The molecule has 0 atom stereocenters. The molecule has 6 aromatic carbocycles. The maximum Gasteiger partial charge on any atom is 4.00 e. The molecule has 0 radical (unpaired) electrons. The Kier molecular flexibility index (Phi) is 15.5. The van der Waals surface area contributed by atoms with Crippen LogP contribution in [0.2, 0.25) is 0 Å². The molecular formula is C43H46Cl2Hf. The van der Waals surface area contributed by atoms with Gasteiger partial charge in [0.05, 0.1) is 0 Å². The Balaban J connectivity index is 0.000000218. The molecule has 2 fully saturated rings. The minimum absolute atomic E-state index is 0. The standard InChI is InChI=1S/2C20H19.C3H6.2ClH.Hf/c2*1-2-9-16(10-3-1)19-12-6-11-17-13-18(14-20(17)19)15-7-4-5-8-15;1-3-2;;;/h2*1-3,6,9-15H,4-5,7-8H2;1-3H2;2*1H;/q2*-1;-2;;;+4. The van der Waals surface area contributed by atoms with Crippen LogP contribution in [0.5, 0.6) is 0 Å². The van der Waals surface area contributed by atoms with Crippen molar-refractivity contribution in [2.45, 2.75) is 69.6 Å². The fourth-order valence-electron chi connectivity index (χ4n) is 7.24. The summed E-state index contributed by atoms with van der Waals surface area (Å²) in [5, 5.41) is 5.63. The summed E-state index contributed by atoms with van der Waals surface area (Å²) in [5.41, 5.74) is 8.49. The van der Waals surface area contributed by atoms with E-state index in [0.29, 0.717) is 0 Å². The molecule has 6 aromatic rings. The Labute approximate surface area is 308 Å². The minimum atomic E-state index is 0. The Morgan fingerprint density at radius 2 is 0.848 bits per heavy atom.